The van der Waals surface area contributed by atoms with E-state index in [1.54, 1.807) is 0 Å². The van der Waals surface area contributed by atoms with E-state index < -0.39 is 0 Å². The van der Waals surface area contributed by atoms with Crippen LogP contribution in [0.1, 0.15) is 52.9 Å². The van der Waals surface area contributed by atoms with Crippen molar-refractivity contribution in [3.8, 4) is 0 Å². The summed E-state index contributed by atoms with van der Waals surface area (Å²) in [6.45, 7) is 6.76. The van der Waals surface area contributed by atoms with Gasteiger partial charge in [0.1, 0.15) is 0 Å². The van der Waals surface area contributed by atoms with Gasteiger partial charge in [-0.2, -0.15) is 0 Å². The molecule has 0 radical (unpaired) electrons. The van der Waals surface area contributed by atoms with Crippen molar-refractivity contribution >= 4 is 5.97 Å². The number of hydrogen-bond acceptors (Lipinski definition) is 2. The maximum atomic E-state index is 11.3. The lowest BCUT2D eigenvalue weighted by Crippen LogP contribution is -2.15. The van der Waals surface area contributed by atoms with Gasteiger partial charge in [-0.25, -0.2) is 0 Å². The molecule has 0 aromatic heterocycles. The zero-order valence-electron chi connectivity index (χ0n) is 9.14. The number of esters is 1. The van der Waals surface area contributed by atoms with E-state index in [9.17, 15) is 4.79 Å². The average Bonchev–Trinajstić information content (AvgIpc) is 2.14. The SMILES string of the molecule is CCCCOC(=O)[C@@H](C)CCCC. The Labute approximate surface area is 81.7 Å². The third-order valence-corrected chi connectivity index (χ3v) is 2.14. The third kappa shape index (κ3) is 6.62. The van der Waals surface area contributed by atoms with Crippen molar-refractivity contribution < 1.29 is 9.53 Å². The van der Waals surface area contributed by atoms with Gasteiger partial charge in [0.2, 0.25) is 0 Å². The van der Waals surface area contributed by atoms with Crippen LogP contribution >= 0.6 is 0 Å². The van der Waals surface area contributed by atoms with Gasteiger partial charge in [-0.3, -0.25) is 4.79 Å². The third-order valence-electron chi connectivity index (χ3n) is 2.14. The maximum Gasteiger partial charge on any atom is 0.308 e. The highest BCUT2D eigenvalue weighted by Crippen LogP contribution is 2.09. The number of carbonyl (C=O) groups is 1. The lowest BCUT2D eigenvalue weighted by atomic mass is 10.1. The lowest BCUT2D eigenvalue weighted by Gasteiger charge is -2.10. The Kier molecular flexibility index (Phi) is 7.76. The summed E-state index contributed by atoms with van der Waals surface area (Å²) in [7, 11) is 0. The van der Waals surface area contributed by atoms with Crippen LogP contribution < -0.4 is 0 Å². The lowest BCUT2D eigenvalue weighted by molar-refractivity contribution is -0.148. The average molecular weight is 186 g/mol. The molecule has 0 aliphatic carbocycles. The van der Waals surface area contributed by atoms with E-state index in [-0.39, 0.29) is 11.9 Å². The Morgan fingerprint density at radius 1 is 1.23 bits per heavy atom. The van der Waals surface area contributed by atoms with E-state index >= 15 is 0 Å². The van der Waals surface area contributed by atoms with Gasteiger partial charge in [-0.15, -0.1) is 0 Å². The van der Waals surface area contributed by atoms with E-state index in [4.69, 9.17) is 4.74 Å². The van der Waals surface area contributed by atoms with Gasteiger partial charge >= 0.3 is 5.97 Å². The molecule has 0 rings (SSSR count). The summed E-state index contributed by atoms with van der Waals surface area (Å²) in [6, 6.07) is 0. The molecule has 0 aromatic carbocycles. The molecule has 0 unspecified atom stereocenters. The van der Waals surface area contributed by atoms with E-state index in [1.165, 1.54) is 0 Å². The fourth-order valence-electron chi connectivity index (χ4n) is 1.09. The Balaban J connectivity index is 3.45. The second kappa shape index (κ2) is 8.09. The molecule has 0 heterocycles. The van der Waals surface area contributed by atoms with Crippen LogP contribution in [0, 0.1) is 5.92 Å². The predicted octanol–water partition coefficient (Wildman–Crippen LogP) is 3.16. The second-order valence-electron chi connectivity index (χ2n) is 3.56. The minimum Gasteiger partial charge on any atom is -0.465 e. The molecule has 0 amide bonds. The minimum atomic E-state index is -0.0260. The smallest absolute Gasteiger partial charge is 0.308 e. The van der Waals surface area contributed by atoms with Crippen LogP contribution in [-0.4, -0.2) is 12.6 Å². The molecule has 0 spiro atoms. The topological polar surface area (TPSA) is 26.3 Å². The highest BCUT2D eigenvalue weighted by Gasteiger charge is 2.12. The van der Waals surface area contributed by atoms with Crippen molar-refractivity contribution in [3.05, 3.63) is 0 Å². The van der Waals surface area contributed by atoms with Crippen LogP contribution in [0.15, 0.2) is 0 Å². The molecular weight excluding hydrogens is 164 g/mol. The van der Waals surface area contributed by atoms with Crippen LogP contribution in [0.3, 0.4) is 0 Å². The summed E-state index contributed by atoms with van der Waals surface area (Å²) in [4.78, 5) is 11.3. The molecule has 0 saturated heterocycles. The van der Waals surface area contributed by atoms with E-state index in [2.05, 4.69) is 13.8 Å². The van der Waals surface area contributed by atoms with Crippen molar-refractivity contribution in [1.82, 2.24) is 0 Å². The molecule has 1 atom stereocenters. The van der Waals surface area contributed by atoms with Crippen LogP contribution in [0.5, 0.6) is 0 Å². The molecule has 0 aromatic rings. The summed E-state index contributed by atoms with van der Waals surface area (Å²) >= 11 is 0. The van der Waals surface area contributed by atoms with Crippen LogP contribution in [0.2, 0.25) is 0 Å². The van der Waals surface area contributed by atoms with Crippen LogP contribution in [0.25, 0.3) is 0 Å². The van der Waals surface area contributed by atoms with Gasteiger partial charge in [0.15, 0.2) is 0 Å². The zero-order valence-corrected chi connectivity index (χ0v) is 9.14. The van der Waals surface area contributed by atoms with Gasteiger partial charge in [0, 0.05) is 0 Å². The molecule has 0 saturated carbocycles. The number of rotatable bonds is 7. The molecule has 78 valence electrons. The molecule has 0 N–H and O–H groups in total. The Morgan fingerprint density at radius 3 is 2.38 bits per heavy atom. The summed E-state index contributed by atoms with van der Waals surface area (Å²) in [5, 5.41) is 0. The van der Waals surface area contributed by atoms with E-state index in [0.29, 0.717) is 6.61 Å². The summed E-state index contributed by atoms with van der Waals surface area (Å²) in [6.07, 6.45) is 5.28. The Hall–Kier alpha value is -0.530. The molecule has 0 aliphatic heterocycles. The number of ether oxygens (including phenoxy) is 1. The maximum absolute atomic E-state index is 11.3. The molecular formula is C11H22O2. The van der Waals surface area contributed by atoms with Crippen molar-refractivity contribution in [1.29, 1.82) is 0 Å². The first-order valence-corrected chi connectivity index (χ1v) is 5.39. The van der Waals surface area contributed by atoms with Crippen molar-refractivity contribution in [2.45, 2.75) is 52.9 Å². The van der Waals surface area contributed by atoms with Crippen molar-refractivity contribution in [2.24, 2.45) is 5.92 Å². The number of unbranched alkanes of at least 4 members (excludes halogenated alkanes) is 2. The quantitative estimate of drug-likeness (QED) is 0.451. The van der Waals surface area contributed by atoms with E-state index in [0.717, 1.165) is 32.1 Å². The highest BCUT2D eigenvalue weighted by molar-refractivity contribution is 5.71. The molecule has 0 bridgehead atoms. The standard InChI is InChI=1S/C11H22O2/c1-4-6-8-10(3)11(12)13-9-7-5-2/h10H,4-9H2,1-3H3/t10-/m0/s1. The predicted molar refractivity (Wildman–Crippen MR) is 54.6 cm³/mol. The van der Waals surface area contributed by atoms with Gasteiger partial charge < -0.3 is 4.74 Å². The Bertz CT molecular complexity index is 132. The fraction of sp³-hybridized carbons (Fsp3) is 0.909. The van der Waals surface area contributed by atoms with Gasteiger partial charge in [0.25, 0.3) is 0 Å². The van der Waals surface area contributed by atoms with Crippen molar-refractivity contribution in [2.75, 3.05) is 6.61 Å². The summed E-state index contributed by atoms with van der Waals surface area (Å²) < 4.78 is 5.10. The Morgan fingerprint density at radius 2 is 1.85 bits per heavy atom. The zero-order chi connectivity index (χ0) is 10.1. The van der Waals surface area contributed by atoms with Crippen LogP contribution in [-0.2, 0) is 9.53 Å². The molecule has 13 heavy (non-hydrogen) atoms. The minimum absolute atomic E-state index is 0.0260. The largest absolute Gasteiger partial charge is 0.465 e. The van der Waals surface area contributed by atoms with Gasteiger partial charge in [-0.1, -0.05) is 40.0 Å². The fourth-order valence-corrected chi connectivity index (χ4v) is 1.09. The monoisotopic (exact) mass is 186 g/mol. The van der Waals surface area contributed by atoms with Gasteiger partial charge in [-0.05, 0) is 12.8 Å². The molecule has 2 heteroatoms. The van der Waals surface area contributed by atoms with Crippen LogP contribution in [0.4, 0.5) is 0 Å². The summed E-state index contributed by atoms with van der Waals surface area (Å²) in [5.41, 5.74) is 0. The first kappa shape index (κ1) is 12.5. The normalized spacial score (nSPS) is 12.5. The highest BCUT2D eigenvalue weighted by atomic mass is 16.5. The first-order valence-electron chi connectivity index (χ1n) is 5.39. The number of carbonyl (C=O) groups excluding carboxylic acids is 1. The van der Waals surface area contributed by atoms with E-state index in [1.807, 2.05) is 6.92 Å². The summed E-state index contributed by atoms with van der Waals surface area (Å²) in [5.74, 6) is 0.0544. The molecule has 2 nitrogen and oxygen atoms in total. The van der Waals surface area contributed by atoms with Crippen molar-refractivity contribution in [3.63, 3.8) is 0 Å². The number of hydrogen-bond donors (Lipinski definition) is 0. The molecule has 0 aliphatic rings. The molecule has 0 fully saturated rings. The van der Waals surface area contributed by atoms with Gasteiger partial charge in [0.05, 0.1) is 12.5 Å². The second-order valence-corrected chi connectivity index (χ2v) is 3.56. The first-order chi connectivity index (χ1) is 6.22.